The van der Waals surface area contributed by atoms with Crippen LogP contribution < -0.4 is 5.73 Å². The summed E-state index contributed by atoms with van der Waals surface area (Å²) in [6.07, 6.45) is 0. The number of aromatic nitrogens is 1. The molecular formula is C15H9Br2IN2O. The Hall–Kier alpha value is -0.860. The summed E-state index contributed by atoms with van der Waals surface area (Å²) in [7, 11) is 0. The second kappa shape index (κ2) is 6.10. The number of hydrogen-bond donors (Lipinski definition) is 1. The van der Waals surface area contributed by atoms with Gasteiger partial charge in [-0.2, -0.15) is 0 Å². The lowest BCUT2D eigenvalue weighted by atomic mass is 10.0. The molecule has 0 aliphatic rings. The van der Waals surface area contributed by atoms with Gasteiger partial charge < -0.3 is 10.3 Å². The van der Waals surface area contributed by atoms with Gasteiger partial charge in [-0.3, -0.25) is 0 Å². The molecule has 6 heteroatoms. The van der Waals surface area contributed by atoms with Gasteiger partial charge in [0.05, 0.1) is 5.56 Å². The number of anilines is 1. The van der Waals surface area contributed by atoms with Crippen LogP contribution in [0.1, 0.15) is 0 Å². The number of nitrogen functional groups attached to an aromatic ring is 1. The van der Waals surface area contributed by atoms with Crippen LogP contribution in [0.2, 0.25) is 0 Å². The van der Waals surface area contributed by atoms with Crippen LogP contribution in [-0.4, -0.2) is 5.16 Å². The number of nitrogens with two attached hydrogens (primary N) is 1. The Kier molecular flexibility index (Phi) is 4.37. The first kappa shape index (κ1) is 15.1. The van der Waals surface area contributed by atoms with Crippen LogP contribution in [-0.2, 0) is 0 Å². The third kappa shape index (κ3) is 2.89. The summed E-state index contributed by atoms with van der Waals surface area (Å²) in [6.45, 7) is 0. The highest BCUT2D eigenvalue weighted by molar-refractivity contribution is 14.1. The topological polar surface area (TPSA) is 52.0 Å². The molecule has 0 saturated heterocycles. The molecule has 0 aliphatic heterocycles. The van der Waals surface area contributed by atoms with Crippen LogP contribution in [0, 0.1) is 3.57 Å². The van der Waals surface area contributed by atoms with Crippen molar-refractivity contribution >= 4 is 60.3 Å². The van der Waals surface area contributed by atoms with Gasteiger partial charge in [0.1, 0.15) is 0 Å². The van der Waals surface area contributed by atoms with E-state index in [9.17, 15) is 0 Å². The van der Waals surface area contributed by atoms with Crippen molar-refractivity contribution in [2.45, 2.75) is 0 Å². The minimum absolute atomic E-state index is 0.377. The van der Waals surface area contributed by atoms with E-state index in [4.69, 9.17) is 10.3 Å². The van der Waals surface area contributed by atoms with Gasteiger partial charge in [0, 0.05) is 23.6 Å². The number of nitrogens with zero attached hydrogens (tertiary/aromatic N) is 1. The molecule has 0 saturated carbocycles. The predicted octanol–water partition coefficient (Wildman–Crippen LogP) is 5.72. The van der Waals surface area contributed by atoms with Crippen molar-refractivity contribution in [1.82, 2.24) is 5.16 Å². The summed E-state index contributed by atoms with van der Waals surface area (Å²) < 4.78 is 8.49. The fourth-order valence-corrected chi connectivity index (χ4v) is 3.48. The van der Waals surface area contributed by atoms with Gasteiger partial charge in [-0.25, -0.2) is 0 Å². The second-order valence-corrected chi connectivity index (χ2v) is 7.33. The fraction of sp³-hybridized carbons (Fsp3) is 0. The van der Waals surface area contributed by atoms with Crippen molar-refractivity contribution in [3.05, 3.63) is 55.0 Å². The lowest BCUT2D eigenvalue weighted by molar-refractivity contribution is 0.436. The third-order valence-electron chi connectivity index (χ3n) is 3.03. The first-order chi connectivity index (χ1) is 10.1. The van der Waals surface area contributed by atoms with Crippen molar-refractivity contribution < 1.29 is 4.52 Å². The molecule has 2 N–H and O–H groups in total. The summed E-state index contributed by atoms with van der Waals surface area (Å²) in [5.41, 5.74) is 8.70. The van der Waals surface area contributed by atoms with Crippen LogP contribution in [0.15, 0.2) is 55.9 Å². The summed E-state index contributed by atoms with van der Waals surface area (Å²) >= 11 is 9.38. The van der Waals surface area contributed by atoms with Gasteiger partial charge in [-0.15, -0.1) is 0 Å². The average molecular weight is 520 g/mol. The molecule has 0 aliphatic carbocycles. The molecule has 1 aromatic heterocycles. The van der Waals surface area contributed by atoms with Crippen LogP contribution >= 0.6 is 54.5 Å². The lowest BCUT2D eigenvalue weighted by Crippen LogP contribution is -1.90. The molecule has 0 atom stereocenters. The molecule has 0 radical (unpaired) electrons. The Balaban J connectivity index is 2.27. The smallest absolute Gasteiger partial charge is 0.178 e. The average Bonchev–Trinajstić information content (AvgIpc) is 2.84. The van der Waals surface area contributed by atoms with Gasteiger partial charge in [0.25, 0.3) is 0 Å². The van der Waals surface area contributed by atoms with E-state index in [1.807, 2.05) is 42.5 Å². The predicted molar refractivity (Wildman–Crippen MR) is 99.9 cm³/mol. The van der Waals surface area contributed by atoms with E-state index in [-0.39, 0.29) is 0 Å². The summed E-state index contributed by atoms with van der Waals surface area (Å²) in [6, 6.07) is 13.9. The van der Waals surface area contributed by atoms with E-state index < -0.39 is 0 Å². The Morgan fingerprint density at radius 3 is 2.48 bits per heavy atom. The molecule has 3 nitrogen and oxygen atoms in total. The van der Waals surface area contributed by atoms with Crippen LogP contribution in [0.5, 0.6) is 0 Å². The molecule has 1 heterocycles. The summed E-state index contributed by atoms with van der Waals surface area (Å²) in [5, 5.41) is 3.94. The molecule has 21 heavy (non-hydrogen) atoms. The number of halogens is 3. The Bertz CT molecular complexity index is 817. The zero-order chi connectivity index (χ0) is 15.0. The molecule has 0 unspecified atom stereocenters. The van der Waals surface area contributed by atoms with E-state index in [1.54, 1.807) is 0 Å². The molecule has 2 aromatic carbocycles. The zero-order valence-corrected chi connectivity index (χ0v) is 15.9. The summed E-state index contributed by atoms with van der Waals surface area (Å²) in [4.78, 5) is 0. The van der Waals surface area contributed by atoms with Gasteiger partial charge >= 0.3 is 0 Å². The standard InChI is InChI=1S/C15H9Br2IN2O/c16-11-4-2-1-3-9(11)13-14(21-20-15(13)19)10-7-8(18)5-6-12(10)17/h1-7H,(H2,19,20). The molecule has 0 bridgehead atoms. The first-order valence-electron chi connectivity index (χ1n) is 6.03. The molecular weight excluding hydrogens is 511 g/mol. The van der Waals surface area contributed by atoms with Crippen LogP contribution in [0.25, 0.3) is 22.5 Å². The maximum Gasteiger partial charge on any atom is 0.178 e. The second-order valence-electron chi connectivity index (χ2n) is 4.38. The van der Waals surface area contributed by atoms with Crippen molar-refractivity contribution in [1.29, 1.82) is 0 Å². The van der Waals surface area contributed by atoms with Crippen LogP contribution in [0.4, 0.5) is 5.82 Å². The van der Waals surface area contributed by atoms with Crippen molar-refractivity contribution in [3.63, 3.8) is 0 Å². The maximum atomic E-state index is 6.02. The molecule has 0 amide bonds. The molecule has 106 valence electrons. The lowest BCUT2D eigenvalue weighted by Gasteiger charge is -2.07. The van der Waals surface area contributed by atoms with Crippen molar-refractivity contribution in [3.8, 4) is 22.5 Å². The Morgan fingerprint density at radius 2 is 1.71 bits per heavy atom. The van der Waals surface area contributed by atoms with E-state index in [0.717, 1.165) is 29.2 Å². The third-order valence-corrected chi connectivity index (χ3v) is 5.09. The Labute approximate surface area is 152 Å². The van der Waals surface area contributed by atoms with E-state index in [1.165, 1.54) is 0 Å². The highest BCUT2D eigenvalue weighted by Gasteiger charge is 2.21. The van der Waals surface area contributed by atoms with Gasteiger partial charge in [0.15, 0.2) is 11.6 Å². The van der Waals surface area contributed by atoms with Crippen LogP contribution in [0.3, 0.4) is 0 Å². The zero-order valence-electron chi connectivity index (χ0n) is 10.6. The molecule has 3 rings (SSSR count). The van der Waals surface area contributed by atoms with E-state index in [2.05, 4.69) is 59.6 Å². The monoisotopic (exact) mass is 518 g/mol. The number of rotatable bonds is 2. The summed E-state index contributed by atoms with van der Waals surface area (Å²) in [5.74, 6) is 1.03. The number of benzene rings is 2. The highest BCUT2D eigenvalue weighted by Crippen LogP contribution is 2.42. The number of hydrogen-bond acceptors (Lipinski definition) is 3. The van der Waals surface area contributed by atoms with Crippen molar-refractivity contribution in [2.75, 3.05) is 5.73 Å². The molecule has 3 aromatic rings. The molecule has 0 spiro atoms. The molecule has 0 fully saturated rings. The minimum Gasteiger partial charge on any atom is -0.380 e. The maximum absolute atomic E-state index is 6.02. The fourth-order valence-electron chi connectivity index (χ4n) is 2.08. The van der Waals surface area contributed by atoms with E-state index in [0.29, 0.717) is 11.6 Å². The minimum atomic E-state index is 0.377. The normalized spacial score (nSPS) is 10.8. The SMILES string of the molecule is Nc1noc(-c2cc(I)ccc2Br)c1-c1ccccc1Br. The van der Waals surface area contributed by atoms with Gasteiger partial charge in [-0.05, 0) is 46.9 Å². The van der Waals surface area contributed by atoms with Gasteiger partial charge in [-0.1, -0.05) is 55.2 Å². The largest absolute Gasteiger partial charge is 0.380 e. The first-order valence-corrected chi connectivity index (χ1v) is 8.70. The van der Waals surface area contributed by atoms with Gasteiger partial charge in [0.2, 0.25) is 0 Å². The Morgan fingerprint density at radius 1 is 1.00 bits per heavy atom. The highest BCUT2D eigenvalue weighted by atomic mass is 127. The van der Waals surface area contributed by atoms with Crippen molar-refractivity contribution in [2.24, 2.45) is 0 Å². The quantitative estimate of drug-likeness (QED) is 0.441. The van der Waals surface area contributed by atoms with E-state index >= 15 is 0 Å².